The maximum Gasteiger partial charge on any atom is 0.324 e. The zero-order chi connectivity index (χ0) is 17.1. The van der Waals surface area contributed by atoms with E-state index in [9.17, 15) is 4.79 Å². The number of amides is 2. The summed E-state index contributed by atoms with van der Waals surface area (Å²) in [6.45, 7) is 1.85. The molecule has 2 aromatic heterocycles. The molecule has 0 saturated carbocycles. The van der Waals surface area contributed by atoms with Crippen LogP contribution in [0.1, 0.15) is 5.82 Å². The van der Waals surface area contributed by atoms with Gasteiger partial charge in [-0.15, -0.1) is 0 Å². The molecule has 24 heavy (non-hydrogen) atoms. The highest BCUT2D eigenvalue weighted by Crippen LogP contribution is 2.22. The van der Waals surface area contributed by atoms with Crippen LogP contribution in [0.3, 0.4) is 0 Å². The number of hydrogen-bond acceptors (Lipinski definition) is 4. The number of hydrogen-bond donors (Lipinski definition) is 2. The van der Waals surface area contributed by atoms with E-state index >= 15 is 0 Å². The van der Waals surface area contributed by atoms with Crippen LogP contribution >= 0.6 is 23.2 Å². The minimum absolute atomic E-state index is 0.346. The summed E-state index contributed by atoms with van der Waals surface area (Å²) < 4.78 is 1.78. The number of urea groups is 1. The molecule has 0 spiro atoms. The van der Waals surface area contributed by atoms with Gasteiger partial charge >= 0.3 is 6.03 Å². The molecule has 0 fully saturated rings. The monoisotopic (exact) mass is 362 g/mol. The van der Waals surface area contributed by atoms with Gasteiger partial charge in [-0.2, -0.15) is 0 Å². The van der Waals surface area contributed by atoms with Crippen LogP contribution in [0.4, 0.5) is 16.3 Å². The van der Waals surface area contributed by atoms with Crippen LogP contribution in [0.5, 0.6) is 0 Å². The summed E-state index contributed by atoms with van der Waals surface area (Å²) in [6, 6.07) is 5.93. The lowest BCUT2D eigenvalue weighted by atomic mass is 10.3. The number of nitrogens with zero attached hydrogens (tertiary/aromatic N) is 4. The van der Waals surface area contributed by atoms with E-state index in [0.717, 1.165) is 5.82 Å². The maximum atomic E-state index is 12.1. The van der Waals surface area contributed by atoms with Crippen molar-refractivity contribution < 1.29 is 4.79 Å². The first-order valence-electron chi connectivity index (χ1n) is 6.88. The van der Waals surface area contributed by atoms with Gasteiger partial charge in [-0.05, 0) is 25.1 Å². The zero-order valence-electron chi connectivity index (χ0n) is 12.5. The Bertz CT molecular complexity index is 875. The van der Waals surface area contributed by atoms with Gasteiger partial charge in [0.25, 0.3) is 0 Å². The van der Waals surface area contributed by atoms with Gasteiger partial charge in [-0.3, -0.25) is 9.88 Å². The average molecular weight is 363 g/mol. The van der Waals surface area contributed by atoms with E-state index in [1.165, 1.54) is 6.33 Å². The van der Waals surface area contributed by atoms with Gasteiger partial charge in [0.1, 0.15) is 23.8 Å². The SMILES string of the molecule is Cc1nccn1-c1cc(NC(=O)Nc2cc(Cl)cc(Cl)c2)ncn1. The highest BCUT2D eigenvalue weighted by Gasteiger charge is 2.08. The Kier molecular flexibility index (Phi) is 4.64. The fraction of sp³-hybridized carbons (Fsp3) is 0.0667. The Morgan fingerprint density at radius 2 is 1.79 bits per heavy atom. The summed E-state index contributed by atoms with van der Waals surface area (Å²) in [5, 5.41) is 6.13. The molecule has 9 heteroatoms. The van der Waals surface area contributed by atoms with E-state index in [0.29, 0.717) is 27.4 Å². The minimum Gasteiger partial charge on any atom is -0.308 e. The van der Waals surface area contributed by atoms with Crippen LogP contribution in [0, 0.1) is 6.92 Å². The normalized spacial score (nSPS) is 10.5. The van der Waals surface area contributed by atoms with Gasteiger partial charge in [-0.1, -0.05) is 23.2 Å². The number of rotatable bonds is 3. The largest absolute Gasteiger partial charge is 0.324 e. The summed E-state index contributed by atoms with van der Waals surface area (Å²) in [6.07, 6.45) is 4.80. The van der Waals surface area contributed by atoms with E-state index in [4.69, 9.17) is 23.2 Å². The molecule has 0 saturated heterocycles. The first kappa shape index (κ1) is 16.2. The molecule has 0 atom stereocenters. The Hall–Kier alpha value is -2.64. The molecule has 2 heterocycles. The van der Waals surface area contributed by atoms with Crippen molar-refractivity contribution >= 4 is 40.7 Å². The van der Waals surface area contributed by atoms with Crippen molar-refractivity contribution in [1.29, 1.82) is 0 Å². The lowest BCUT2D eigenvalue weighted by molar-refractivity contribution is 0.262. The highest BCUT2D eigenvalue weighted by molar-refractivity contribution is 6.35. The quantitative estimate of drug-likeness (QED) is 0.739. The predicted octanol–water partition coefficient (Wildman–Crippen LogP) is 3.92. The number of imidazole rings is 1. The molecule has 0 aliphatic carbocycles. The van der Waals surface area contributed by atoms with Crippen LogP contribution in [0.15, 0.2) is 43.0 Å². The molecule has 1 aromatic carbocycles. The van der Waals surface area contributed by atoms with Crippen LogP contribution in [0.2, 0.25) is 10.0 Å². The maximum absolute atomic E-state index is 12.1. The van der Waals surface area contributed by atoms with Gasteiger partial charge in [-0.25, -0.2) is 19.7 Å². The van der Waals surface area contributed by atoms with E-state index in [-0.39, 0.29) is 0 Å². The van der Waals surface area contributed by atoms with Crippen molar-refractivity contribution in [3.05, 3.63) is 58.9 Å². The average Bonchev–Trinajstić information content (AvgIpc) is 2.92. The summed E-state index contributed by atoms with van der Waals surface area (Å²) in [5.41, 5.74) is 0.477. The Morgan fingerprint density at radius 1 is 1.04 bits per heavy atom. The van der Waals surface area contributed by atoms with Crippen molar-refractivity contribution in [1.82, 2.24) is 19.5 Å². The summed E-state index contributed by atoms with van der Waals surface area (Å²) in [4.78, 5) is 24.4. The Morgan fingerprint density at radius 3 is 2.46 bits per heavy atom. The molecule has 2 amide bonds. The van der Waals surface area contributed by atoms with Crippen molar-refractivity contribution in [2.45, 2.75) is 6.92 Å². The second-order valence-electron chi connectivity index (χ2n) is 4.84. The molecule has 0 aliphatic heterocycles. The standard InChI is InChI=1S/C15H12Cl2N6O/c1-9-18-2-3-23(9)14-7-13(19-8-20-14)22-15(24)21-12-5-10(16)4-11(17)6-12/h2-8H,1H3,(H2,19,20,21,22,24). The minimum atomic E-state index is -0.472. The van der Waals surface area contributed by atoms with Crippen LogP contribution in [-0.2, 0) is 0 Å². The fourth-order valence-electron chi connectivity index (χ4n) is 2.07. The zero-order valence-corrected chi connectivity index (χ0v) is 14.0. The van der Waals surface area contributed by atoms with Gasteiger partial charge in [0.15, 0.2) is 0 Å². The number of carbonyl (C=O) groups excluding carboxylic acids is 1. The number of carbonyl (C=O) groups is 1. The number of nitrogens with one attached hydrogen (secondary N) is 2. The third kappa shape index (κ3) is 3.81. The second-order valence-corrected chi connectivity index (χ2v) is 5.72. The van der Waals surface area contributed by atoms with E-state index in [1.807, 2.05) is 6.92 Å². The first-order valence-corrected chi connectivity index (χ1v) is 7.63. The Labute approximate surface area is 147 Å². The van der Waals surface area contributed by atoms with Gasteiger partial charge in [0.05, 0.1) is 0 Å². The molecular weight excluding hydrogens is 351 g/mol. The topological polar surface area (TPSA) is 84.7 Å². The number of halogens is 2. The smallest absolute Gasteiger partial charge is 0.308 e. The highest BCUT2D eigenvalue weighted by atomic mass is 35.5. The van der Waals surface area contributed by atoms with Crippen molar-refractivity contribution in [2.24, 2.45) is 0 Å². The third-order valence-corrected chi connectivity index (χ3v) is 3.52. The summed E-state index contributed by atoms with van der Waals surface area (Å²) in [7, 11) is 0. The predicted molar refractivity (Wildman–Crippen MR) is 93.0 cm³/mol. The second kappa shape index (κ2) is 6.86. The molecule has 3 aromatic rings. The fourth-order valence-corrected chi connectivity index (χ4v) is 2.60. The number of aryl methyl sites for hydroxylation is 1. The summed E-state index contributed by atoms with van der Waals surface area (Å²) >= 11 is 11.8. The van der Waals surface area contributed by atoms with Crippen LogP contribution in [-0.4, -0.2) is 25.6 Å². The van der Waals surface area contributed by atoms with Gasteiger partial charge < -0.3 is 5.32 Å². The van der Waals surface area contributed by atoms with E-state index < -0.39 is 6.03 Å². The number of anilines is 2. The summed E-state index contributed by atoms with van der Waals surface area (Å²) in [5.74, 6) is 1.72. The molecule has 0 unspecified atom stereocenters. The van der Waals surface area contributed by atoms with Gasteiger partial charge in [0, 0.05) is 34.2 Å². The lowest BCUT2D eigenvalue weighted by Crippen LogP contribution is -2.20. The molecule has 3 rings (SSSR count). The molecule has 0 aliphatic rings. The van der Waals surface area contributed by atoms with Crippen molar-refractivity contribution in [3.8, 4) is 5.82 Å². The third-order valence-electron chi connectivity index (χ3n) is 3.09. The van der Waals surface area contributed by atoms with Crippen LogP contribution in [0.25, 0.3) is 5.82 Å². The van der Waals surface area contributed by atoms with E-state index in [2.05, 4.69) is 25.6 Å². The number of aromatic nitrogens is 4. The van der Waals surface area contributed by atoms with Crippen molar-refractivity contribution in [2.75, 3.05) is 10.6 Å². The van der Waals surface area contributed by atoms with E-state index in [1.54, 1.807) is 41.2 Å². The molecule has 0 radical (unpaired) electrons. The molecule has 122 valence electrons. The Balaban J connectivity index is 1.74. The molecule has 2 N–H and O–H groups in total. The molecule has 0 bridgehead atoms. The van der Waals surface area contributed by atoms with Gasteiger partial charge in [0.2, 0.25) is 0 Å². The number of benzene rings is 1. The van der Waals surface area contributed by atoms with Crippen molar-refractivity contribution in [3.63, 3.8) is 0 Å². The first-order chi connectivity index (χ1) is 11.5. The molecular formula is C15H12Cl2N6O. The lowest BCUT2D eigenvalue weighted by Gasteiger charge is -2.09. The van der Waals surface area contributed by atoms with Crippen LogP contribution < -0.4 is 10.6 Å². The molecule has 7 nitrogen and oxygen atoms in total.